The summed E-state index contributed by atoms with van der Waals surface area (Å²) < 4.78 is 72.6. The molecule has 4 heteroatoms. The van der Waals surface area contributed by atoms with Crippen molar-refractivity contribution in [1.29, 1.82) is 0 Å². The van der Waals surface area contributed by atoms with E-state index in [1.165, 1.54) is 0 Å². The molecule has 7 aromatic rings. The molecule has 6 aromatic carbocycles. The van der Waals surface area contributed by atoms with Crippen LogP contribution in [0, 0.1) is 0 Å². The number of fused-ring (bicyclic) bond motifs is 9. The molecule has 1 saturated heterocycles. The molecule has 8 rings (SSSR count). The molecular weight excluding hydrogens is 491 g/mol. The van der Waals surface area contributed by atoms with Crippen molar-refractivity contribution in [3.05, 3.63) is 103 Å². The van der Waals surface area contributed by atoms with E-state index in [2.05, 4.69) is 24.3 Å². The highest BCUT2D eigenvalue weighted by molar-refractivity contribution is 6.62. The van der Waals surface area contributed by atoms with Crippen molar-refractivity contribution in [2.45, 2.75) is 38.9 Å². The van der Waals surface area contributed by atoms with Crippen LogP contribution < -0.4 is 5.46 Å². The van der Waals surface area contributed by atoms with Crippen LogP contribution in [0.25, 0.3) is 65.4 Å². The molecule has 0 spiro atoms. The van der Waals surface area contributed by atoms with Crippen molar-refractivity contribution in [3.63, 3.8) is 0 Å². The Morgan fingerprint density at radius 1 is 0.550 bits per heavy atom. The van der Waals surface area contributed by atoms with Gasteiger partial charge in [-0.05, 0) is 101 Å². The van der Waals surface area contributed by atoms with E-state index in [4.69, 9.17) is 20.6 Å². The van der Waals surface area contributed by atoms with Crippen molar-refractivity contribution in [1.82, 2.24) is 0 Å². The number of hydrogen-bond donors (Lipinski definition) is 0. The first-order valence-corrected chi connectivity index (χ1v) is 13.5. The van der Waals surface area contributed by atoms with Crippen LogP contribution in [0.5, 0.6) is 0 Å². The molecule has 0 N–H and O–H groups in total. The normalized spacial score (nSPS) is 18.8. The second-order valence-electron chi connectivity index (χ2n) is 11.5. The van der Waals surface area contributed by atoms with Gasteiger partial charge >= 0.3 is 7.12 Å². The summed E-state index contributed by atoms with van der Waals surface area (Å²) in [5, 5.41) is 6.62. The molecule has 1 aliphatic heterocycles. The molecule has 2 heterocycles. The number of hydrogen-bond acceptors (Lipinski definition) is 3. The highest BCUT2D eigenvalue weighted by Gasteiger charge is 2.51. The van der Waals surface area contributed by atoms with Gasteiger partial charge in [-0.3, -0.25) is 0 Å². The highest BCUT2D eigenvalue weighted by atomic mass is 16.7. The van der Waals surface area contributed by atoms with Crippen molar-refractivity contribution < 1.29 is 22.0 Å². The molecule has 194 valence electrons. The fraction of sp³-hybridized carbons (Fsp3) is 0.167. The van der Waals surface area contributed by atoms with Crippen LogP contribution in [-0.4, -0.2) is 18.3 Å². The quantitative estimate of drug-likeness (QED) is 0.166. The zero-order chi connectivity index (χ0) is 32.4. The number of benzene rings is 6. The van der Waals surface area contributed by atoms with Crippen LogP contribution in [0.2, 0.25) is 0 Å². The number of rotatable bonds is 2. The van der Waals surface area contributed by atoms with E-state index in [-0.39, 0.29) is 69.2 Å². The van der Waals surface area contributed by atoms with Crippen LogP contribution in [0.15, 0.2) is 107 Å². The molecule has 0 radical (unpaired) electrons. The van der Waals surface area contributed by atoms with Crippen molar-refractivity contribution in [2.24, 2.45) is 0 Å². The molecule has 0 unspecified atom stereocenters. The zero-order valence-electron chi connectivity index (χ0n) is 28.7. The predicted molar refractivity (Wildman–Crippen MR) is 167 cm³/mol. The molecule has 1 aliphatic rings. The summed E-state index contributed by atoms with van der Waals surface area (Å²) in [5.74, 6) is 0. The van der Waals surface area contributed by atoms with Gasteiger partial charge in [0.1, 0.15) is 11.2 Å². The first-order chi connectivity index (χ1) is 21.8. The maximum Gasteiger partial charge on any atom is 0.494 e. The van der Waals surface area contributed by atoms with Crippen LogP contribution in [0.1, 0.15) is 35.9 Å². The van der Waals surface area contributed by atoms with Crippen molar-refractivity contribution in [3.8, 4) is 11.1 Å². The maximum absolute atomic E-state index is 9.36. The Kier molecular flexibility index (Phi) is 3.75. The molecule has 0 aliphatic carbocycles. The minimum Gasteiger partial charge on any atom is -0.456 e. The lowest BCUT2D eigenvalue weighted by molar-refractivity contribution is 0.00578. The predicted octanol–water partition coefficient (Wildman–Crippen LogP) is 9.01. The van der Waals surface area contributed by atoms with Gasteiger partial charge in [0, 0.05) is 10.8 Å². The minimum absolute atomic E-state index is 0.0322. The van der Waals surface area contributed by atoms with Gasteiger partial charge in [0.05, 0.1) is 19.4 Å². The fourth-order valence-corrected chi connectivity index (χ4v) is 5.69. The van der Waals surface area contributed by atoms with Gasteiger partial charge in [-0.1, -0.05) is 78.8 Å². The lowest BCUT2D eigenvalue weighted by Gasteiger charge is -2.32. The molecule has 40 heavy (non-hydrogen) atoms. The van der Waals surface area contributed by atoms with E-state index in [0.717, 1.165) is 32.3 Å². The number of furan rings is 1. The molecule has 0 atom stereocenters. The van der Waals surface area contributed by atoms with Crippen LogP contribution >= 0.6 is 0 Å². The van der Waals surface area contributed by atoms with Crippen LogP contribution in [-0.2, 0) is 9.31 Å². The lowest BCUT2D eigenvalue weighted by atomic mass is 9.79. The van der Waals surface area contributed by atoms with Crippen LogP contribution in [0.3, 0.4) is 0 Å². The van der Waals surface area contributed by atoms with Gasteiger partial charge in [0.2, 0.25) is 0 Å². The summed E-state index contributed by atoms with van der Waals surface area (Å²) in [7, 11) is -1.07. The molecule has 3 nitrogen and oxygen atoms in total. The van der Waals surface area contributed by atoms with Gasteiger partial charge in [0.25, 0.3) is 0 Å². The van der Waals surface area contributed by atoms with E-state index in [9.17, 15) is 1.37 Å². The SMILES string of the molecule is [2H]c1c(-c2ccc3c4ccccc4c4ccccc4c3c2)c([2H])c2c(oc3c([2H])c(B4OC(C)(C)C(C)(C)O4)c([2H])c([2H])c32)c1[2H]. The summed E-state index contributed by atoms with van der Waals surface area (Å²) >= 11 is 0. The average Bonchev–Trinajstić information content (AvgIpc) is 3.53. The first kappa shape index (κ1) is 18.3. The third-order valence-electron chi connectivity index (χ3n) is 8.55. The average molecular weight is 526 g/mol. The molecule has 0 saturated carbocycles. The Morgan fingerprint density at radius 3 is 1.80 bits per heavy atom. The molecule has 1 fully saturated rings. The Bertz CT molecular complexity index is 2420. The van der Waals surface area contributed by atoms with E-state index < -0.39 is 18.3 Å². The van der Waals surface area contributed by atoms with Gasteiger partial charge in [-0.15, -0.1) is 0 Å². The molecular formula is C36H29BO3. The van der Waals surface area contributed by atoms with E-state index in [0.29, 0.717) is 5.56 Å². The standard InChI is InChI=1S/C36H29BO3/c1-35(2)36(3,4)40-37(39-35)24-15-17-30-32-20-23(14-18-33(32)38-34(30)21-24)22-13-16-29-27-11-6-5-9-25(27)26-10-7-8-12-28(26)31(29)19-22/h5-21H,1-4H3/i14D,15D,17D,18D,20D,21D. The van der Waals surface area contributed by atoms with Gasteiger partial charge in [-0.2, -0.15) is 0 Å². The van der Waals surface area contributed by atoms with E-state index in [1.54, 1.807) is 0 Å². The monoisotopic (exact) mass is 526 g/mol. The minimum atomic E-state index is -1.07. The highest BCUT2D eigenvalue weighted by Crippen LogP contribution is 2.39. The summed E-state index contributed by atoms with van der Waals surface area (Å²) in [6, 6.07) is 21.0. The molecule has 0 amide bonds. The van der Waals surface area contributed by atoms with Gasteiger partial charge < -0.3 is 13.7 Å². The second-order valence-corrected chi connectivity index (χ2v) is 11.5. The Labute approximate surface area is 241 Å². The Hall–Kier alpha value is -4.12. The van der Waals surface area contributed by atoms with E-state index >= 15 is 0 Å². The smallest absolute Gasteiger partial charge is 0.456 e. The Balaban J connectivity index is 1.40. The largest absolute Gasteiger partial charge is 0.494 e. The van der Waals surface area contributed by atoms with Gasteiger partial charge in [-0.25, -0.2) is 0 Å². The third kappa shape index (κ3) is 3.40. The first-order valence-electron chi connectivity index (χ1n) is 16.5. The summed E-state index contributed by atoms with van der Waals surface area (Å²) in [6.45, 7) is 7.48. The second kappa shape index (κ2) is 8.20. The zero-order valence-corrected chi connectivity index (χ0v) is 22.7. The Morgan fingerprint density at radius 2 is 1.15 bits per heavy atom. The summed E-state index contributed by atoms with van der Waals surface area (Å²) in [5.41, 5.74) is -0.660. The maximum atomic E-state index is 9.36. The lowest BCUT2D eigenvalue weighted by Crippen LogP contribution is -2.41. The van der Waals surface area contributed by atoms with Crippen LogP contribution in [0.4, 0.5) is 0 Å². The van der Waals surface area contributed by atoms with Crippen molar-refractivity contribution in [2.75, 3.05) is 0 Å². The van der Waals surface area contributed by atoms with Crippen molar-refractivity contribution >= 4 is 66.8 Å². The summed E-state index contributed by atoms with van der Waals surface area (Å²) in [4.78, 5) is 0. The van der Waals surface area contributed by atoms with Gasteiger partial charge in [0.15, 0.2) is 0 Å². The molecule has 1 aromatic heterocycles. The summed E-state index contributed by atoms with van der Waals surface area (Å²) in [6.07, 6.45) is 0. The fourth-order valence-electron chi connectivity index (χ4n) is 5.69. The molecule has 0 bridgehead atoms. The van der Waals surface area contributed by atoms with E-state index in [1.807, 2.05) is 70.2 Å². The third-order valence-corrected chi connectivity index (χ3v) is 8.55. The topological polar surface area (TPSA) is 31.6 Å².